The van der Waals surface area contributed by atoms with Gasteiger partial charge in [-0.05, 0) is 33.3 Å². The second-order valence-electron chi connectivity index (χ2n) is 8.94. The fourth-order valence-electron chi connectivity index (χ4n) is 4.05. The quantitative estimate of drug-likeness (QED) is 0.326. The summed E-state index contributed by atoms with van der Waals surface area (Å²) in [5.41, 5.74) is 6.40. The number of fused-ring (bicyclic) bond motifs is 2. The molecule has 2 aliphatic rings. The molecule has 10 nitrogen and oxygen atoms in total. The van der Waals surface area contributed by atoms with Gasteiger partial charge in [-0.2, -0.15) is 0 Å². The van der Waals surface area contributed by atoms with Gasteiger partial charge in [0, 0.05) is 18.1 Å². The molecule has 4 rings (SSSR count). The summed E-state index contributed by atoms with van der Waals surface area (Å²) in [6, 6.07) is 1.50. The number of carbonyl (C=O) groups excluding carboxylic acids is 1. The molecular weight excluding hydrogens is 492 g/mol. The van der Waals surface area contributed by atoms with Crippen LogP contribution in [0, 0.1) is 11.7 Å². The average Bonchev–Trinajstić information content (AvgIpc) is 3.21. The Kier molecular flexibility index (Phi) is 6.98. The molecule has 188 valence electrons. The van der Waals surface area contributed by atoms with Crippen LogP contribution in [0.2, 0.25) is 0 Å². The highest BCUT2D eigenvalue weighted by Gasteiger charge is 2.60. The normalized spacial score (nSPS) is 32.1. The summed E-state index contributed by atoms with van der Waals surface area (Å²) in [5.74, 6) is -1.40. The molecule has 34 heavy (non-hydrogen) atoms. The highest BCUT2D eigenvalue weighted by Crippen LogP contribution is 2.60. The van der Waals surface area contributed by atoms with E-state index in [0.29, 0.717) is 0 Å². The molecule has 0 bridgehead atoms. The van der Waals surface area contributed by atoms with Crippen molar-refractivity contribution in [3.63, 3.8) is 0 Å². The maximum Gasteiger partial charge on any atom is 0.475 e. The molecule has 0 radical (unpaired) electrons. The van der Waals surface area contributed by atoms with Gasteiger partial charge in [0.1, 0.15) is 22.7 Å². The van der Waals surface area contributed by atoms with Gasteiger partial charge in [0.2, 0.25) is 0 Å². The van der Waals surface area contributed by atoms with Gasteiger partial charge in [0.05, 0.1) is 30.6 Å². The third kappa shape index (κ3) is 4.69. The number of hydrogen-bond acceptors (Lipinski definition) is 9. The Bertz CT molecular complexity index is 1130. The Morgan fingerprint density at radius 1 is 1.47 bits per heavy atom. The van der Waals surface area contributed by atoms with E-state index in [0.717, 1.165) is 0 Å². The van der Waals surface area contributed by atoms with Crippen LogP contribution in [0.4, 0.5) is 10.1 Å². The number of hydrogen-bond donors (Lipinski definition) is 1. The minimum absolute atomic E-state index is 0.0526. The molecule has 2 aromatic rings. The molecule has 2 aliphatic heterocycles. The maximum atomic E-state index is 14.6. The molecule has 0 aliphatic carbocycles. The molecule has 6 atom stereocenters. The fraction of sp³-hybridized carbons (Fsp3) is 0.619. The van der Waals surface area contributed by atoms with Crippen LogP contribution >= 0.6 is 19.4 Å². The Balaban J connectivity index is 1.46. The molecule has 0 amide bonds. The molecule has 0 aromatic carbocycles. The lowest BCUT2D eigenvalue weighted by Gasteiger charge is -2.34. The lowest BCUT2D eigenvalue weighted by molar-refractivity contribution is -0.152. The van der Waals surface area contributed by atoms with Gasteiger partial charge in [-0.3, -0.25) is 18.4 Å². The summed E-state index contributed by atoms with van der Waals surface area (Å²) in [7, 11) is -3.98. The van der Waals surface area contributed by atoms with Gasteiger partial charge in [-0.15, -0.1) is 11.6 Å². The second-order valence-corrected chi connectivity index (χ2v) is 11.4. The van der Waals surface area contributed by atoms with Crippen molar-refractivity contribution >= 4 is 42.1 Å². The highest BCUT2D eigenvalue weighted by molar-refractivity contribution is 7.48. The van der Waals surface area contributed by atoms with Crippen LogP contribution in [0.1, 0.15) is 40.3 Å². The van der Waals surface area contributed by atoms with E-state index in [2.05, 4.69) is 4.98 Å². The van der Waals surface area contributed by atoms with Crippen LogP contribution in [-0.4, -0.2) is 51.9 Å². The number of halogens is 2. The summed E-state index contributed by atoms with van der Waals surface area (Å²) in [6.45, 7) is 6.69. The predicted octanol–water partition coefficient (Wildman–Crippen LogP) is 4.17. The van der Waals surface area contributed by atoms with Crippen LogP contribution in [0.5, 0.6) is 0 Å². The summed E-state index contributed by atoms with van der Waals surface area (Å²) >= 11 is 6.85. The zero-order valence-corrected chi connectivity index (χ0v) is 20.9. The number of alkyl halides is 1. The minimum Gasteiger partial charge on any atom is -0.463 e. The van der Waals surface area contributed by atoms with Gasteiger partial charge in [-0.25, -0.2) is 13.9 Å². The first-order valence-corrected chi connectivity index (χ1v) is 12.8. The van der Waals surface area contributed by atoms with Crippen LogP contribution in [0.25, 0.3) is 11.0 Å². The topological polar surface area (TPSA) is 124 Å². The Hall–Kier alpha value is -1.75. The lowest BCUT2D eigenvalue weighted by atomic mass is 10.0. The van der Waals surface area contributed by atoms with E-state index in [1.807, 2.05) is 0 Å². The van der Waals surface area contributed by atoms with Crippen LogP contribution < -0.4 is 5.73 Å². The summed E-state index contributed by atoms with van der Waals surface area (Å²) in [5, 5.41) is 0.157. The van der Waals surface area contributed by atoms with Crippen molar-refractivity contribution in [1.82, 2.24) is 9.55 Å². The number of nitrogens with zero attached hydrogens (tertiary/aromatic N) is 2. The third-order valence-corrected chi connectivity index (χ3v) is 7.68. The molecule has 13 heteroatoms. The molecule has 2 saturated heterocycles. The van der Waals surface area contributed by atoms with Crippen molar-refractivity contribution in [2.45, 2.75) is 63.5 Å². The number of phosphoric acid groups is 1. The molecule has 0 spiro atoms. The van der Waals surface area contributed by atoms with Crippen molar-refractivity contribution in [3.8, 4) is 0 Å². The smallest absolute Gasteiger partial charge is 0.463 e. The zero-order valence-electron chi connectivity index (χ0n) is 19.3. The first-order valence-electron chi connectivity index (χ1n) is 11.0. The molecule has 2 fully saturated rings. The number of phosphoric ester groups is 1. The number of esters is 1. The molecule has 0 unspecified atom stereocenters. The average molecular weight is 520 g/mol. The standard InChI is InChI=1S/C21H28ClFN3O7P/c1-11(2)31-19(27)12(3)6-8-29-34(28)30-10-15-17(33-34)21(4,22)20(32-15)26-9-13(23)16-14(24)5-7-25-18(16)26/h5,7,9,11-12,15,17,20H,6,8,10H2,1-4H3,(H2,24,25)/t12-,15+,17+,20+,21+,34+/m0/s1. The Labute approximate surface area is 201 Å². The molecule has 2 N–H and O–H groups in total. The molecule has 2 aromatic heterocycles. The molecule has 0 saturated carbocycles. The predicted molar refractivity (Wildman–Crippen MR) is 122 cm³/mol. The fourth-order valence-corrected chi connectivity index (χ4v) is 5.94. The number of rotatable bonds is 7. The third-order valence-electron chi connectivity index (χ3n) is 5.83. The first kappa shape index (κ1) is 25.3. The maximum absolute atomic E-state index is 14.6. The van der Waals surface area contributed by atoms with Crippen molar-refractivity contribution in [2.75, 3.05) is 18.9 Å². The van der Waals surface area contributed by atoms with E-state index in [-0.39, 0.29) is 48.4 Å². The van der Waals surface area contributed by atoms with Gasteiger partial charge in [0.25, 0.3) is 0 Å². The van der Waals surface area contributed by atoms with E-state index in [9.17, 15) is 13.8 Å². The highest BCUT2D eigenvalue weighted by atomic mass is 35.5. The van der Waals surface area contributed by atoms with Gasteiger partial charge in [-0.1, -0.05) is 6.92 Å². The van der Waals surface area contributed by atoms with Crippen LogP contribution in [0.15, 0.2) is 18.5 Å². The van der Waals surface area contributed by atoms with Gasteiger partial charge >= 0.3 is 13.8 Å². The molecule has 4 heterocycles. The second kappa shape index (κ2) is 9.37. The largest absolute Gasteiger partial charge is 0.475 e. The number of anilines is 1. The minimum atomic E-state index is -3.98. The number of aromatic nitrogens is 2. The van der Waals surface area contributed by atoms with E-state index in [1.165, 1.54) is 23.0 Å². The summed E-state index contributed by atoms with van der Waals surface area (Å²) < 4.78 is 56.8. The van der Waals surface area contributed by atoms with Crippen LogP contribution in [-0.2, 0) is 32.4 Å². The van der Waals surface area contributed by atoms with E-state index in [1.54, 1.807) is 27.7 Å². The summed E-state index contributed by atoms with van der Waals surface area (Å²) in [4.78, 5) is 14.9. The Morgan fingerprint density at radius 2 is 2.21 bits per heavy atom. The van der Waals surface area contributed by atoms with E-state index >= 15 is 0 Å². The van der Waals surface area contributed by atoms with Gasteiger partial charge < -0.3 is 19.8 Å². The lowest BCUT2D eigenvalue weighted by Crippen LogP contribution is -2.44. The van der Waals surface area contributed by atoms with Crippen LogP contribution in [0.3, 0.4) is 0 Å². The SMILES string of the molecule is CC(C)OC(=O)[C@@H](C)CCO[P@]1(=O)OC[C@H]2O[C@@H](n3cc(F)c4c(N)ccnc43)[C@](C)(Cl)[C@@H]2O1. The number of ether oxygens (including phenoxy) is 2. The zero-order chi connectivity index (χ0) is 24.8. The van der Waals surface area contributed by atoms with Crippen molar-refractivity contribution < 1.29 is 36.8 Å². The van der Waals surface area contributed by atoms with E-state index < -0.39 is 42.9 Å². The summed E-state index contributed by atoms with van der Waals surface area (Å²) in [6.07, 6.45) is 0.224. The van der Waals surface area contributed by atoms with Crippen molar-refractivity contribution in [3.05, 3.63) is 24.3 Å². The number of nitrogens with two attached hydrogens (primary N) is 1. The van der Waals surface area contributed by atoms with Crippen molar-refractivity contribution in [2.24, 2.45) is 5.92 Å². The number of nitrogen functional groups attached to an aromatic ring is 1. The molecular formula is C21H28ClFN3O7P. The Morgan fingerprint density at radius 3 is 2.91 bits per heavy atom. The van der Waals surface area contributed by atoms with Crippen molar-refractivity contribution in [1.29, 1.82) is 0 Å². The number of carbonyl (C=O) groups is 1. The van der Waals surface area contributed by atoms with Gasteiger partial charge in [0.15, 0.2) is 12.0 Å². The number of pyridine rings is 1. The van der Waals surface area contributed by atoms with E-state index in [4.69, 9.17) is 40.4 Å². The first-order chi connectivity index (χ1) is 15.9. The monoisotopic (exact) mass is 519 g/mol.